The molecule has 136 valence electrons. The molecule has 26 heavy (non-hydrogen) atoms. The number of carbonyl (C=O) groups is 2. The molecule has 4 rings (SSSR count). The summed E-state index contributed by atoms with van der Waals surface area (Å²) in [7, 11) is 0. The number of nitrogens with zero attached hydrogens (tertiary/aromatic N) is 3. The van der Waals surface area contributed by atoms with Gasteiger partial charge in [-0.2, -0.15) is 0 Å². The van der Waals surface area contributed by atoms with Crippen molar-refractivity contribution in [2.75, 3.05) is 19.6 Å². The summed E-state index contributed by atoms with van der Waals surface area (Å²) in [4.78, 5) is 35.9. The van der Waals surface area contributed by atoms with Crippen molar-refractivity contribution in [2.24, 2.45) is 11.7 Å². The molecule has 0 saturated carbocycles. The first-order valence-electron chi connectivity index (χ1n) is 9.08. The largest absolute Gasteiger partial charge is 0.351 e. The standard InChI is InChI=1S/C19H23N5O2/c20-19(26)24-9-4-7-14(11-24)18(25)23-10-8-15-16(12-23)22-17(21-15)13-5-2-1-3-6-13/h1-3,5-6,14H,4,7-12H2,(H2,20,26)(H,21,22)/t14-/m1/s1. The number of aromatic amines is 1. The second-order valence-electron chi connectivity index (χ2n) is 7.01. The van der Waals surface area contributed by atoms with Gasteiger partial charge < -0.3 is 20.5 Å². The first kappa shape index (κ1) is 16.6. The van der Waals surface area contributed by atoms with E-state index >= 15 is 0 Å². The number of H-pyrrole nitrogens is 1. The minimum atomic E-state index is -0.440. The highest BCUT2D eigenvalue weighted by Gasteiger charge is 2.32. The van der Waals surface area contributed by atoms with E-state index in [1.54, 1.807) is 4.90 Å². The Morgan fingerprint density at radius 1 is 1.15 bits per heavy atom. The second-order valence-corrected chi connectivity index (χ2v) is 7.01. The van der Waals surface area contributed by atoms with Gasteiger partial charge in [-0.1, -0.05) is 30.3 Å². The summed E-state index contributed by atoms with van der Waals surface area (Å²) < 4.78 is 0. The van der Waals surface area contributed by atoms with Gasteiger partial charge in [0.1, 0.15) is 5.82 Å². The molecular weight excluding hydrogens is 330 g/mol. The minimum Gasteiger partial charge on any atom is -0.351 e. The second kappa shape index (κ2) is 6.82. The third-order valence-corrected chi connectivity index (χ3v) is 5.27. The quantitative estimate of drug-likeness (QED) is 0.861. The van der Waals surface area contributed by atoms with E-state index < -0.39 is 6.03 Å². The topological polar surface area (TPSA) is 95.3 Å². The van der Waals surface area contributed by atoms with Crippen LogP contribution in [0.2, 0.25) is 0 Å². The Morgan fingerprint density at radius 3 is 2.73 bits per heavy atom. The van der Waals surface area contributed by atoms with E-state index in [2.05, 4.69) is 4.98 Å². The molecule has 0 radical (unpaired) electrons. The molecule has 3 amide bonds. The monoisotopic (exact) mass is 353 g/mol. The molecule has 2 aliphatic rings. The molecule has 1 aromatic carbocycles. The first-order chi connectivity index (χ1) is 12.6. The lowest BCUT2D eigenvalue weighted by Crippen LogP contribution is -2.49. The highest BCUT2D eigenvalue weighted by atomic mass is 16.2. The number of likely N-dealkylation sites (tertiary alicyclic amines) is 1. The SMILES string of the molecule is NC(=O)N1CCC[C@@H](C(=O)N2CCc3nc(-c4ccccc4)[nH]c3C2)C1. The van der Waals surface area contributed by atoms with Crippen LogP contribution >= 0.6 is 0 Å². The van der Waals surface area contributed by atoms with E-state index in [4.69, 9.17) is 10.7 Å². The normalized spacial score (nSPS) is 19.9. The molecule has 1 fully saturated rings. The van der Waals surface area contributed by atoms with Crippen molar-refractivity contribution in [3.63, 3.8) is 0 Å². The van der Waals surface area contributed by atoms with Crippen LogP contribution in [0.15, 0.2) is 30.3 Å². The number of aromatic nitrogens is 2. The summed E-state index contributed by atoms with van der Waals surface area (Å²) in [6.45, 7) is 2.28. The van der Waals surface area contributed by atoms with E-state index in [1.165, 1.54) is 0 Å². The lowest BCUT2D eigenvalue weighted by atomic mass is 9.96. The zero-order chi connectivity index (χ0) is 18.1. The summed E-state index contributed by atoms with van der Waals surface area (Å²) >= 11 is 0. The predicted molar refractivity (Wildman–Crippen MR) is 97.0 cm³/mol. The average Bonchev–Trinajstić information content (AvgIpc) is 3.11. The van der Waals surface area contributed by atoms with Gasteiger partial charge in [0.25, 0.3) is 0 Å². The molecule has 2 aromatic rings. The number of urea groups is 1. The maximum Gasteiger partial charge on any atom is 0.314 e. The number of primary amides is 1. The first-order valence-corrected chi connectivity index (χ1v) is 9.08. The van der Waals surface area contributed by atoms with Crippen molar-refractivity contribution in [3.8, 4) is 11.4 Å². The molecule has 0 unspecified atom stereocenters. The number of benzene rings is 1. The van der Waals surface area contributed by atoms with Gasteiger partial charge in [0.2, 0.25) is 5.91 Å². The number of rotatable bonds is 2. The van der Waals surface area contributed by atoms with Crippen LogP contribution in [0.1, 0.15) is 24.2 Å². The van der Waals surface area contributed by atoms with Crippen molar-refractivity contribution in [1.82, 2.24) is 19.8 Å². The van der Waals surface area contributed by atoms with Gasteiger partial charge in [0, 0.05) is 31.6 Å². The van der Waals surface area contributed by atoms with Crippen LogP contribution in [0.3, 0.4) is 0 Å². The summed E-state index contributed by atoms with van der Waals surface area (Å²) in [5.74, 6) is 0.800. The minimum absolute atomic E-state index is 0.109. The highest BCUT2D eigenvalue weighted by Crippen LogP contribution is 2.25. The zero-order valence-corrected chi connectivity index (χ0v) is 14.6. The third-order valence-electron chi connectivity index (χ3n) is 5.27. The number of hydrogen-bond donors (Lipinski definition) is 2. The van der Waals surface area contributed by atoms with Crippen LogP contribution in [-0.4, -0.2) is 51.3 Å². The van der Waals surface area contributed by atoms with Gasteiger partial charge in [0.15, 0.2) is 0 Å². The van der Waals surface area contributed by atoms with Crippen LogP contribution in [0.25, 0.3) is 11.4 Å². The fraction of sp³-hybridized carbons (Fsp3) is 0.421. The summed E-state index contributed by atoms with van der Waals surface area (Å²) in [5.41, 5.74) is 8.47. The van der Waals surface area contributed by atoms with Gasteiger partial charge >= 0.3 is 6.03 Å². The molecule has 0 spiro atoms. The maximum absolute atomic E-state index is 12.9. The number of hydrogen-bond acceptors (Lipinski definition) is 3. The van der Waals surface area contributed by atoms with Gasteiger partial charge in [0.05, 0.1) is 23.9 Å². The Kier molecular flexibility index (Phi) is 4.36. The van der Waals surface area contributed by atoms with Crippen LogP contribution in [0.4, 0.5) is 4.79 Å². The molecule has 3 heterocycles. The zero-order valence-electron chi connectivity index (χ0n) is 14.6. The van der Waals surface area contributed by atoms with E-state index in [0.29, 0.717) is 26.2 Å². The van der Waals surface area contributed by atoms with E-state index in [-0.39, 0.29) is 11.8 Å². The van der Waals surface area contributed by atoms with Crippen molar-refractivity contribution in [3.05, 3.63) is 41.7 Å². The molecule has 7 heteroatoms. The number of fused-ring (bicyclic) bond motifs is 1. The van der Waals surface area contributed by atoms with Gasteiger partial charge in [-0.05, 0) is 12.8 Å². The summed E-state index contributed by atoms with van der Waals surface area (Å²) in [6, 6.07) is 9.55. The predicted octanol–water partition coefficient (Wildman–Crippen LogP) is 1.75. The molecule has 1 aromatic heterocycles. The molecule has 1 atom stereocenters. The Bertz CT molecular complexity index is 817. The van der Waals surface area contributed by atoms with E-state index in [0.717, 1.165) is 42.0 Å². The Balaban J connectivity index is 1.47. The summed E-state index contributed by atoms with van der Waals surface area (Å²) in [6.07, 6.45) is 2.38. The number of nitrogens with one attached hydrogen (secondary N) is 1. The number of imidazole rings is 1. The van der Waals surface area contributed by atoms with E-state index in [1.807, 2.05) is 35.2 Å². The molecule has 0 bridgehead atoms. The smallest absolute Gasteiger partial charge is 0.314 e. The third kappa shape index (κ3) is 3.16. The molecule has 2 aliphatic heterocycles. The van der Waals surface area contributed by atoms with Crippen LogP contribution in [0, 0.1) is 5.92 Å². The van der Waals surface area contributed by atoms with Crippen molar-refractivity contribution in [1.29, 1.82) is 0 Å². The van der Waals surface area contributed by atoms with Gasteiger partial charge in [-0.25, -0.2) is 9.78 Å². The Morgan fingerprint density at radius 2 is 1.96 bits per heavy atom. The fourth-order valence-electron chi connectivity index (χ4n) is 3.85. The van der Waals surface area contributed by atoms with E-state index in [9.17, 15) is 9.59 Å². The number of carbonyl (C=O) groups excluding carboxylic acids is 2. The lowest BCUT2D eigenvalue weighted by Gasteiger charge is -2.35. The van der Waals surface area contributed by atoms with Crippen LogP contribution < -0.4 is 5.73 Å². The van der Waals surface area contributed by atoms with Crippen molar-refractivity contribution >= 4 is 11.9 Å². The molecular formula is C19H23N5O2. The van der Waals surface area contributed by atoms with Crippen molar-refractivity contribution < 1.29 is 9.59 Å². The average molecular weight is 353 g/mol. The maximum atomic E-state index is 12.9. The molecule has 3 N–H and O–H groups in total. The number of piperidine rings is 1. The number of amides is 3. The van der Waals surface area contributed by atoms with Gasteiger partial charge in [-0.3, -0.25) is 4.79 Å². The Hall–Kier alpha value is -2.83. The highest BCUT2D eigenvalue weighted by molar-refractivity contribution is 5.81. The Labute approximate surface area is 152 Å². The molecule has 1 saturated heterocycles. The fourth-order valence-corrected chi connectivity index (χ4v) is 3.85. The summed E-state index contributed by atoms with van der Waals surface area (Å²) in [5, 5.41) is 0. The van der Waals surface area contributed by atoms with Crippen LogP contribution in [-0.2, 0) is 17.8 Å². The van der Waals surface area contributed by atoms with Gasteiger partial charge in [-0.15, -0.1) is 0 Å². The lowest BCUT2D eigenvalue weighted by molar-refractivity contribution is -0.137. The van der Waals surface area contributed by atoms with Crippen LogP contribution in [0.5, 0.6) is 0 Å². The molecule has 7 nitrogen and oxygen atoms in total. The van der Waals surface area contributed by atoms with Crippen molar-refractivity contribution in [2.45, 2.75) is 25.8 Å². The molecule has 0 aliphatic carbocycles. The number of nitrogens with two attached hydrogens (primary N) is 1.